The van der Waals surface area contributed by atoms with Crippen molar-refractivity contribution >= 4 is 15.4 Å². The Morgan fingerprint density at radius 1 is 1.52 bits per heavy atom. The van der Waals surface area contributed by atoms with E-state index in [-0.39, 0.29) is 11.4 Å². The fourth-order valence-electron chi connectivity index (χ4n) is 3.22. The predicted octanol–water partition coefficient (Wildman–Crippen LogP) is 1.35. The number of hydrogen-bond donors (Lipinski definition) is 2. The Bertz CT molecular complexity index is 595. The third kappa shape index (κ3) is 3.47. The number of hydrogen-bond acceptors (Lipinski definition) is 4. The summed E-state index contributed by atoms with van der Waals surface area (Å²) in [7, 11) is 0.641. The molecule has 2 heterocycles. The summed E-state index contributed by atoms with van der Waals surface area (Å²) in [6, 6.07) is 3.63. The average Bonchev–Trinajstić information content (AvgIpc) is 2.69. The second-order valence-electron chi connectivity index (χ2n) is 6.17. The molecule has 1 aromatic carbocycles. The van der Waals surface area contributed by atoms with E-state index in [4.69, 9.17) is 9.94 Å². The largest absolute Gasteiger partial charge is 0.381 e. The van der Waals surface area contributed by atoms with Gasteiger partial charge in [-0.25, -0.2) is 9.87 Å². The van der Waals surface area contributed by atoms with Gasteiger partial charge in [0, 0.05) is 24.6 Å². The lowest BCUT2D eigenvalue weighted by atomic mass is 10.0. The molecule has 5 nitrogen and oxygen atoms in total. The molecule has 0 unspecified atom stereocenters. The van der Waals surface area contributed by atoms with Gasteiger partial charge in [0.05, 0.1) is 22.7 Å². The summed E-state index contributed by atoms with van der Waals surface area (Å²) in [6.45, 7) is 5.34. The molecule has 0 aromatic heterocycles. The van der Waals surface area contributed by atoms with E-state index in [9.17, 15) is 9.18 Å². The van der Waals surface area contributed by atoms with Gasteiger partial charge in [0.25, 0.3) is 5.91 Å². The first-order valence-corrected chi connectivity index (χ1v) is 9.21. The van der Waals surface area contributed by atoms with E-state index in [0.29, 0.717) is 39.3 Å². The van der Waals surface area contributed by atoms with Gasteiger partial charge in [-0.3, -0.25) is 14.9 Å². The summed E-state index contributed by atoms with van der Waals surface area (Å²) in [6.07, 6.45) is 1.03. The molecule has 1 aromatic rings. The third-order valence-corrected chi connectivity index (χ3v) is 6.37. The lowest BCUT2D eigenvalue weighted by Gasteiger charge is -2.36. The monoisotopic (exact) mass is 336 g/mol. The number of nitrogens with zero attached hydrogens (tertiary/aromatic N) is 1. The van der Waals surface area contributed by atoms with Crippen LogP contribution >= 0.6 is 0 Å². The Labute approximate surface area is 137 Å². The van der Waals surface area contributed by atoms with Crippen LogP contribution in [0.3, 0.4) is 0 Å². The highest BCUT2D eigenvalue weighted by Gasteiger charge is 2.29. The van der Waals surface area contributed by atoms with Gasteiger partial charge in [0.15, 0.2) is 0 Å². The van der Waals surface area contributed by atoms with E-state index in [0.717, 1.165) is 31.7 Å². The second-order valence-corrected chi connectivity index (χ2v) is 7.60. The molecule has 0 aliphatic carbocycles. The standard InChI is InChI=1S/C16H21FN2O3Si/c1-2-15-19(5-10-7-22-8-10)6-12-3-11(16(20)18-21)4-14(17)13(12)9-23-15/h3-4,10,15,21H,2,5-9H2,1H3,(H,18,20)/t15-/m1/s1. The second kappa shape index (κ2) is 7.08. The van der Waals surface area contributed by atoms with Gasteiger partial charge < -0.3 is 4.74 Å². The molecule has 124 valence electrons. The van der Waals surface area contributed by atoms with Gasteiger partial charge in [0.2, 0.25) is 0 Å². The van der Waals surface area contributed by atoms with Crippen LogP contribution in [0.1, 0.15) is 34.8 Å². The van der Waals surface area contributed by atoms with Crippen molar-refractivity contribution in [1.29, 1.82) is 0 Å². The molecule has 2 radical (unpaired) electrons. The van der Waals surface area contributed by atoms with Gasteiger partial charge in [-0.15, -0.1) is 0 Å². The van der Waals surface area contributed by atoms with Crippen molar-refractivity contribution in [3.63, 3.8) is 0 Å². The van der Waals surface area contributed by atoms with Crippen LogP contribution in [-0.2, 0) is 17.3 Å². The molecule has 23 heavy (non-hydrogen) atoms. The lowest BCUT2D eigenvalue weighted by molar-refractivity contribution is -0.0493. The van der Waals surface area contributed by atoms with Crippen LogP contribution in [0.4, 0.5) is 4.39 Å². The molecule has 2 aliphatic rings. The Hall–Kier alpha value is -1.28. The molecule has 2 N–H and O–H groups in total. The van der Waals surface area contributed by atoms with Gasteiger partial charge in [-0.05, 0) is 41.4 Å². The average molecular weight is 336 g/mol. The molecule has 0 bridgehead atoms. The molecule has 1 atom stereocenters. The minimum atomic E-state index is -0.676. The van der Waals surface area contributed by atoms with Crippen LogP contribution in [0.15, 0.2) is 12.1 Å². The third-order valence-electron chi connectivity index (χ3n) is 4.57. The van der Waals surface area contributed by atoms with Crippen LogP contribution in [0, 0.1) is 11.7 Å². The van der Waals surface area contributed by atoms with Crippen molar-refractivity contribution in [1.82, 2.24) is 10.4 Å². The van der Waals surface area contributed by atoms with Crippen LogP contribution < -0.4 is 5.48 Å². The smallest absolute Gasteiger partial charge is 0.274 e. The van der Waals surface area contributed by atoms with E-state index in [1.165, 1.54) is 6.07 Å². The molecule has 0 saturated carbocycles. The zero-order chi connectivity index (χ0) is 16.4. The number of halogens is 1. The van der Waals surface area contributed by atoms with Gasteiger partial charge in [-0.1, -0.05) is 6.92 Å². The highest BCUT2D eigenvalue weighted by molar-refractivity contribution is 6.37. The van der Waals surface area contributed by atoms with Gasteiger partial charge in [-0.2, -0.15) is 0 Å². The van der Waals surface area contributed by atoms with Crippen molar-refractivity contribution in [2.24, 2.45) is 5.92 Å². The molecular formula is C16H21FN2O3Si. The zero-order valence-electron chi connectivity index (χ0n) is 13.1. The molecule has 1 amide bonds. The maximum absolute atomic E-state index is 14.4. The molecule has 0 spiro atoms. The highest BCUT2D eigenvalue weighted by atomic mass is 28.2. The number of carbonyl (C=O) groups excluding carboxylic acids is 1. The van der Waals surface area contributed by atoms with Crippen molar-refractivity contribution in [2.45, 2.75) is 31.6 Å². The van der Waals surface area contributed by atoms with Gasteiger partial charge in [0.1, 0.15) is 5.82 Å². The number of fused-ring (bicyclic) bond motifs is 1. The number of benzene rings is 1. The SMILES string of the molecule is CC[C@H]1[Si]Cc2c(F)cc(C(=O)NO)cc2CN1CC1COC1. The first kappa shape index (κ1) is 16.6. The molecule has 2 aliphatic heterocycles. The number of ether oxygens (including phenoxy) is 1. The maximum Gasteiger partial charge on any atom is 0.274 e. The normalized spacial score (nSPS) is 22.1. The van der Waals surface area contributed by atoms with E-state index in [1.54, 1.807) is 11.5 Å². The van der Waals surface area contributed by atoms with Crippen LogP contribution in [0.25, 0.3) is 0 Å². The first-order chi connectivity index (χ1) is 11.1. The summed E-state index contributed by atoms with van der Waals surface area (Å²) < 4.78 is 19.7. The van der Waals surface area contributed by atoms with E-state index >= 15 is 0 Å². The highest BCUT2D eigenvalue weighted by Crippen LogP contribution is 2.26. The lowest BCUT2D eigenvalue weighted by Crippen LogP contribution is -2.45. The summed E-state index contributed by atoms with van der Waals surface area (Å²) in [4.78, 5) is 14.0. The summed E-state index contributed by atoms with van der Waals surface area (Å²) in [5.74, 6) is -0.481. The fourth-order valence-corrected chi connectivity index (χ4v) is 4.80. The van der Waals surface area contributed by atoms with Crippen LogP contribution in [0.5, 0.6) is 0 Å². The summed E-state index contributed by atoms with van der Waals surface area (Å²) in [5.41, 5.74) is 3.75. The Kier molecular flexibility index (Phi) is 5.10. The Balaban J connectivity index is 1.88. The molecule has 1 fully saturated rings. The van der Waals surface area contributed by atoms with E-state index < -0.39 is 5.91 Å². The fraction of sp³-hybridized carbons (Fsp3) is 0.562. The minimum absolute atomic E-state index is 0.161. The minimum Gasteiger partial charge on any atom is -0.381 e. The maximum atomic E-state index is 14.4. The number of amides is 1. The predicted molar refractivity (Wildman–Crippen MR) is 83.9 cm³/mol. The molecule has 1 saturated heterocycles. The summed E-state index contributed by atoms with van der Waals surface area (Å²) in [5, 5.41) is 8.78. The van der Waals surface area contributed by atoms with Crippen molar-refractivity contribution in [3.05, 3.63) is 34.6 Å². The topological polar surface area (TPSA) is 61.8 Å². The van der Waals surface area contributed by atoms with Crippen molar-refractivity contribution in [2.75, 3.05) is 19.8 Å². The van der Waals surface area contributed by atoms with E-state index in [1.807, 2.05) is 0 Å². The van der Waals surface area contributed by atoms with Crippen molar-refractivity contribution in [3.8, 4) is 0 Å². The van der Waals surface area contributed by atoms with Crippen LogP contribution in [0.2, 0.25) is 0 Å². The quantitative estimate of drug-likeness (QED) is 0.495. The summed E-state index contributed by atoms with van der Waals surface area (Å²) >= 11 is 0. The molecular weight excluding hydrogens is 315 g/mol. The van der Waals surface area contributed by atoms with Crippen LogP contribution in [-0.4, -0.2) is 51.0 Å². The van der Waals surface area contributed by atoms with Gasteiger partial charge >= 0.3 is 0 Å². The van der Waals surface area contributed by atoms with Crippen molar-refractivity contribution < 1.29 is 19.1 Å². The first-order valence-electron chi connectivity index (χ1n) is 7.93. The Morgan fingerprint density at radius 2 is 2.30 bits per heavy atom. The number of carbonyl (C=O) groups is 1. The number of nitrogens with one attached hydrogen (secondary N) is 1. The number of hydroxylamine groups is 1. The zero-order valence-corrected chi connectivity index (χ0v) is 14.1. The Morgan fingerprint density at radius 3 is 2.91 bits per heavy atom. The van der Waals surface area contributed by atoms with E-state index in [2.05, 4.69) is 11.8 Å². The molecule has 7 heteroatoms. The number of rotatable bonds is 4. The molecule has 3 rings (SSSR count).